The lowest BCUT2D eigenvalue weighted by molar-refractivity contribution is 0.527. The molecule has 0 saturated carbocycles. The Morgan fingerprint density at radius 2 is 2.06 bits per heavy atom. The third-order valence-corrected chi connectivity index (χ3v) is 2.84. The lowest BCUT2D eigenvalue weighted by Gasteiger charge is -2.07. The zero-order valence-corrected chi connectivity index (χ0v) is 11.5. The lowest BCUT2D eigenvalue weighted by atomic mass is 10.1. The van der Waals surface area contributed by atoms with Crippen molar-refractivity contribution >= 4 is 15.9 Å². The van der Waals surface area contributed by atoms with Gasteiger partial charge in [0.2, 0.25) is 0 Å². The Morgan fingerprint density at radius 3 is 2.69 bits per heavy atom. The van der Waals surface area contributed by atoms with Gasteiger partial charge in [-0.2, -0.15) is 0 Å². The Kier molecular flexibility index (Phi) is 5.99. The van der Waals surface area contributed by atoms with E-state index < -0.39 is 0 Å². The Labute approximate surface area is 106 Å². The number of hydrogen-bond donors (Lipinski definition) is 1. The molecule has 1 nitrogen and oxygen atoms in total. The normalized spacial score (nSPS) is 11.1. The van der Waals surface area contributed by atoms with Gasteiger partial charge < -0.3 is 5.32 Å². The standard InChI is InChI=1S/C13H19BrFN/c1-10(2)4-3-5-16-9-11-6-12(14)8-13(15)7-11/h6-8,10,16H,3-5,9H2,1-2H3. The molecule has 0 aromatic heterocycles. The quantitative estimate of drug-likeness (QED) is 0.777. The van der Waals surface area contributed by atoms with Crippen LogP contribution in [0.1, 0.15) is 32.3 Å². The van der Waals surface area contributed by atoms with Gasteiger partial charge in [-0.15, -0.1) is 0 Å². The van der Waals surface area contributed by atoms with Crippen molar-refractivity contribution in [3.05, 3.63) is 34.1 Å². The fourth-order valence-electron chi connectivity index (χ4n) is 1.58. The van der Waals surface area contributed by atoms with Crippen molar-refractivity contribution < 1.29 is 4.39 Å². The first-order chi connectivity index (χ1) is 7.58. The molecule has 0 spiro atoms. The van der Waals surface area contributed by atoms with Crippen LogP contribution in [0.5, 0.6) is 0 Å². The highest BCUT2D eigenvalue weighted by molar-refractivity contribution is 9.10. The highest BCUT2D eigenvalue weighted by Crippen LogP contribution is 2.14. The Morgan fingerprint density at radius 1 is 1.31 bits per heavy atom. The van der Waals surface area contributed by atoms with E-state index in [0.717, 1.165) is 29.0 Å². The molecule has 0 atom stereocenters. The van der Waals surface area contributed by atoms with Crippen molar-refractivity contribution in [1.29, 1.82) is 0 Å². The highest BCUT2D eigenvalue weighted by atomic mass is 79.9. The minimum Gasteiger partial charge on any atom is -0.313 e. The summed E-state index contributed by atoms with van der Waals surface area (Å²) in [5.74, 6) is 0.568. The molecular weight excluding hydrogens is 269 g/mol. The predicted molar refractivity (Wildman–Crippen MR) is 69.9 cm³/mol. The molecule has 1 aromatic carbocycles. The van der Waals surface area contributed by atoms with Crippen molar-refractivity contribution in [2.24, 2.45) is 5.92 Å². The molecular formula is C13H19BrFN. The molecule has 0 bridgehead atoms. The third-order valence-electron chi connectivity index (χ3n) is 2.39. The SMILES string of the molecule is CC(C)CCCNCc1cc(F)cc(Br)c1. The average molecular weight is 288 g/mol. The number of benzene rings is 1. The van der Waals surface area contributed by atoms with Gasteiger partial charge in [0.25, 0.3) is 0 Å². The molecule has 0 aliphatic heterocycles. The van der Waals surface area contributed by atoms with Gasteiger partial charge in [-0.05, 0) is 49.1 Å². The summed E-state index contributed by atoms with van der Waals surface area (Å²) in [6, 6.07) is 4.99. The highest BCUT2D eigenvalue weighted by Gasteiger charge is 1.99. The molecule has 0 radical (unpaired) electrons. The molecule has 0 saturated heterocycles. The summed E-state index contributed by atoms with van der Waals surface area (Å²) in [5.41, 5.74) is 0.983. The largest absolute Gasteiger partial charge is 0.313 e. The van der Waals surface area contributed by atoms with Crippen molar-refractivity contribution in [1.82, 2.24) is 5.32 Å². The van der Waals surface area contributed by atoms with Crippen molar-refractivity contribution in [2.75, 3.05) is 6.54 Å². The van der Waals surface area contributed by atoms with E-state index in [9.17, 15) is 4.39 Å². The average Bonchev–Trinajstić information content (AvgIpc) is 2.15. The van der Waals surface area contributed by atoms with Crippen LogP contribution in [0, 0.1) is 11.7 Å². The second-order valence-electron chi connectivity index (χ2n) is 4.49. The molecule has 0 heterocycles. The van der Waals surface area contributed by atoms with Crippen molar-refractivity contribution in [3.8, 4) is 0 Å². The summed E-state index contributed by atoms with van der Waals surface area (Å²) < 4.78 is 13.8. The van der Waals surface area contributed by atoms with E-state index in [1.807, 2.05) is 6.07 Å². The summed E-state index contributed by atoms with van der Waals surface area (Å²) in [6.07, 6.45) is 2.41. The Hall–Kier alpha value is -0.410. The number of halogens is 2. The summed E-state index contributed by atoms with van der Waals surface area (Å²) in [6.45, 7) is 6.17. The van der Waals surface area contributed by atoms with Crippen molar-refractivity contribution in [2.45, 2.75) is 33.2 Å². The molecule has 0 aliphatic carbocycles. The van der Waals surface area contributed by atoms with E-state index in [0.29, 0.717) is 0 Å². The van der Waals surface area contributed by atoms with Gasteiger partial charge in [-0.25, -0.2) is 4.39 Å². The number of hydrogen-bond acceptors (Lipinski definition) is 1. The summed E-state index contributed by atoms with van der Waals surface area (Å²) in [5, 5.41) is 3.32. The number of nitrogens with one attached hydrogen (secondary N) is 1. The fraction of sp³-hybridized carbons (Fsp3) is 0.538. The van der Waals surface area contributed by atoms with Gasteiger partial charge in [0.1, 0.15) is 5.82 Å². The van der Waals surface area contributed by atoms with Crippen LogP contribution in [-0.4, -0.2) is 6.54 Å². The molecule has 1 rings (SSSR count). The topological polar surface area (TPSA) is 12.0 Å². The van der Waals surface area contributed by atoms with Crippen LogP contribution in [-0.2, 0) is 6.54 Å². The maximum atomic E-state index is 13.1. The van der Waals surface area contributed by atoms with Crippen molar-refractivity contribution in [3.63, 3.8) is 0 Å². The van der Waals surface area contributed by atoms with E-state index in [1.165, 1.54) is 18.9 Å². The molecule has 1 aromatic rings. The zero-order chi connectivity index (χ0) is 12.0. The van der Waals surface area contributed by atoms with Crippen LogP contribution < -0.4 is 5.32 Å². The van der Waals surface area contributed by atoms with Gasteiger partial charge in [0.15, 0.2) is 0 Å². The van der Waals surface area contributed by atoms with E-state index in [2.05, 4.69) is 35.1 Å². The first kappa shape index (κ1) is 13.7. The van der Waals surface area contributed by atoms with Gasteiger partial charge in [0.05, 0.1) is 0 Å². The maximum absolute atomic E-state index is 13.1. The monoisotopic (exact) mass is 287 g/mol. The minimum absolute atomic E-state index is 0.187. The summed E-state index contributed by atoms with van der Waals surface area (Å²) in [7, 11) is 0. The molecule has 0 aliphatic rings. The Bertz CT molecular complexity index is 305. The lowest BCUT2D eigenvalue weighted by Crippen LogP contribution is -2.15. The van der Waals surface area contributed by atoms with E-state index in [4.69, 9.17) is 0 Å². The molecule has 0 unspecified atom stereocenters. The van der Waals surface area contributed by atoms with Crippen LogP contribution in [0.15, 0.2) is 22.7 Å². The summed E-state index contributed by atoms with van der Waals surface area (Å²) in [4.78, 5) is 0. The smallest absolute Gasteiger partial charge is 0.124 e. The summed E-state index contributed by atoms with van der Waals surface area (Å²) >= 11 is 3.29. The molecule has 90 valence electrons. The van der Waals surface area contributed by atoms with Crippen LogP contribution in [0.4, 0.5) is 4.39 Å². The van der Waals surface area contributed by atoms with Crippen LogP contribution in [0.2, 0.25) is 0 Å². The second kappa shape index (κ2) is 7.02. The Balaban J connectivity index is 2.26. The third kappa shape index (κ3) is 5.61. The molecule has 3 heteroatoms. The minimum atomic E-state index is -0.187. The molecule has 0 fully saturated rings. The van der Waals surface area contributed by atoms with Gasteiger partial charge >= 0.3 is 0 Å². The van der Waals surface area contributed by atoms with E-state index in [1.54, 1.807) is 6.07 Å². The maximum Gasteiger partial charge on any atom is 0.124 e. The van der Waals surface area contributed by atoms with Gasteiger partial charge in [-0.1, -0.05) is 29.8 Å². The molecule has 16 heavy (non-hydrogen) atoms. The first-order valence-electron chi connectivity index (χ1n) is 5.73. The fourth-order valence-corrected chi connectivity index (χ4v) is 2.09. The van der Waals surface area contributed by atoms with Crippen LogP contribution >= 0.6 is 15.9 Å². The number of rotatable bonds is 6. The van der Waals surface area contributed by atoms with Crippen LogP contribution in [0.25, 0.3) is 0 Å². The second-order valence-corrected chi connectivity index (χ2v) is 5.41. The predicted octanol–water partition coefficient (Wildman–Crippen LogP) is 4.11. The van der Waals surface area contributed by atoms with Gasteiger partial charge in [-0.3, -0.25) is 0 Å². The van der Waals surface area contributed by atoms with E-state index >= 15 is 0 Å². The zero-order valence-electron chi connectivity index (χ0n) is 9.89. The first-order valence-corrected chi connectivity index (χ1v) is 6.53. The molecule has 1 N–H and O–H groups in total. The van der Waals surface area contributed by atoms with E-state index in [-0.39, 0.29) is 5.82 Å². The van der Waals surface area contributed by atoms with Crippen LogP contribution in [0.3, 0.4) is 0 Å². The molecule has 0 amide bonds. The van der Waals surface area contributed by atoms with Gasteiger partial charge in [0, 0.05) is 11.0 Å².